The smallest absolute Gasteiger partial charge is 0.154 e. The van der Waals surface area contributed by atoms with Gasteiger partial charge in [0.05, 0.1) is 5.56 Å². The molecule has 0 radical (unpaired) electrons. The minimum Gasteiger partial charge on any atom is -0.508 e. The van der Waals surface area contributed by atoms with Crippen LogP contribution in [0.25, 0.3) is 0 Å². The molecule has 0 bridgehead atoms. The third-order valence-electron chi connectivity index (χ3n) is 2.79. The van der Waals surface area contributed by atoms with E-state index in [4.69, 9.17) is 0 Å². The number of carbonyl (C=O) groups is 2. The zero-order valence-corrected chi connectivity index (χ0v) is 10.5. The highest BCUT2D eigenvalue weighted by Gasteiger charge is 2.12. The van der Waals surface area contributed by atoms with E-state index < -0.39 is 0 Å². The van der Waals surface area contributed by atoms with Crippen LogP contribution in [0.2, 0.25) is 0 Å². The number of unbranched alkanes of at least 4 members (excludes halogenated alkanes) is 2. The molecule has 2 N–H and O–H groups in total. The first-order chi connectivity index (χ1) is 8.58. The summed E-state index contributed by atoms with van der Waals surface area (Å²) in [6.45, 7) is 2.06. The van der Waals surface area contributed by atoms with Gasteiger partial charge < -0.3 is 10.2 Å². The van der Waals surface area contributed by atoms with E-state index in [0.29, 0.717) is 18.3 Å². The summed E-state index contributed by atoms with van der Waals surface area (Å²) in [6, 6.07) is 2.44. The molecule has 0 aliphatic carbocycles. The summed E-state index contributed by atoms with van der Waals surface area (Å²) in [6.07, 6.45) is 3.90. The highest BCUT2D eigenvalue weighted by atomic mass is 16.3. The first-order valence-electron chi connectivity index (χ1n) is 6.10. The molecule has 0 aliphatic heterocycles. The van der Waals surface area contributed by atoms with Gasteiger partial charge in [0.25, 0.3) is 0 Å². The summed E-state index contributed by atoms with van der Waals surface area (Å²) in [5, 5.41) is 18.9. The van der Waals surface area contributed by atoms with Crippen molar-refractivity contribution in [3.63, 3.8) is 0 Å². The van der Waals surface area contributed by atoms with E-state index in [-0.39, 0.29) is 29.3 Å². The van der Waals surface area contributed by atoms with Crippen molar-refractivity contribution >= 4 is 12.1 Å². The number of benzene rings is 1. The first-order valence-corrected chi connectivity index (χ1v) is 6.10. The topological polar surface area (TPSA) is 74.6 Å². The Bertz CT molecular complexity index is 438. The minimum absolute atomic E-state index is 0.0107. The van der Waals surface area contributed by atoms with Crippen molar-refractivity contribution in [3.05, 3.63) is 23.3 Å². The Morgan fingerprint density at radius 1 is 1.28 bits per heavy atom. The van der Waals surface area contributed by atoms with Crippen LogP contribution >= 0.6 is 0 Å². The molecule has 1 aromatic carbocycles. The van der Waals surface area contributed by atoms with E-state index in [1.807, 2.05) is 0 Å². The predicted octanol–water partition coefficient (Wildman–Crippen LogP) is 2.60. The molecule has 4 heteroatoms. The van der Waals surface area contributed by atoms with Gasteiger partial charge in [-0.15, -0.1) is 0 Å². The highest BCUT2D eigenvalue weighted by Crippen LogP contribution is 2.26. The molecule has 18 heavy (non-hydrogen) atoms. The Hall–Kier alpha value is -1.84. The second kappa shape index (κ2) is 6.79. The molecule has 0 spiro atoms. The second-order valence-corrected chi connectivity index (χ2v) is 4.33. The lowest BCUT2D eigenvalue weighted by molar-refractivity contribution is -0.118. The lowest BCUT2D eigenvalue weighted by Gasteiger charge is -2.07. The van der Waals surface area contributed by atoms with Gasteiger partial charge in [0.2, 0.25) is 0 Å². The fourth-order valence-corrected chi connectivity index (χ4v) is 1.84. The molecule has 0 atom stereocenters. The van der Waals surface area contributed by atoms with Gasteiger partial charge in [-0.2, -0.15) is 0 Å². The van der Waals surface area contributed by atoms with E-state index in [2.05, 4.69) is 6.92 Å². The normalized spacial score (nSPS) is 10.3. The van der Waals surface area contributed by atoms with Gasteiger partial charge in [-0.25, -0.2) is 0 Å². The molecule has 0 saturated heterocycles. The number of Topliss-reactive ketones (excluding diaryl/α,β-unsaturated/α-hetero) is 1. The van der Waals surface area contributed by atoms with Gasteiger partial charge in [-0.3, -0.25) is 9.59 Å². The molecule has 1 rings (SSSR count). The van der Waals surface area contributed by atoms with Crippen LogP contribution < -0.4 is 0 Å². The summed E-state index contributed by atoms with van der Waals surface area (Å²) in [7, 11) is 0. The van der Waals surface area contributed by atoms with Crippen LogP contribution in [0.4, 0.5) is 0 Å². The largest absolute Gasteiger partial charge is 0.508 e. The maximum Gasteiger partial charge on any atom is 0.154 e. The minimum atomic E-state index is -0.290. The van der Waals surface area contributed by atoms with Crippen molar-refractivity contribution in [1.82, 2.24) is 0 Å². The molecule has 1 aromatic rings. The zero-order chi connectivity index (χ0) is 13.5. The molecule has 0 fully saturated rings. The number of phenols is 2. The summed E-state index contributed by atoms with van der Waals surface area (Å²) < 4.78 is 0. The van der Waals surface area contributed by atoms with E-state index in [1.54, 1.807) is 0 Å². The molecule has 0 unspecified atom stereocenters. The number of phenolic OH excluding ortho intramolecular Hbond substituents is 2. The highest BCUT2D eigenvalue weighted by molar-refractivity contribution is 5.87. The Morgan fingerprint density at radius 3 is 2.61 bits per heavy atom. The monoisotopic (exact) mass is 250 g/mol. The average Bonchev–Trinajstić information content (AvgIpc) is 2.28. The Morgan fingerprint density at radius 2 is 2.00 bits per heavy atom. The van der Waals surface area contributed by atoms with Crippen LogP contribution in [-0.2, 0) is 11.2 Å². The lowest BCUT2D eigenvalue weighted by Crippen LogP contribution is -2.05. The third-order valence-corrected chi connectivity index (χ3v) is 2.79. The summed E-state index contributed by atoms with van der Waals surface area (Å²) in [5.74, 6) is -0.424. The molecule has 0 aliphatic rings. The first kappa shape index (κ1) is 14.2. The molecule has 0 heterocycles. The summed E-state index contributed by atoms with van der Waals surface area (Å²) in [4.78, 5) is 22.5. The fraction of sp³-hybridized carbons (Fsp3) is 0.429. The molecular formula is C14H18O4. The standard InChI is InChI=1S/C14H18O4/c1-2-3-4-5-11(16)6-10-7-12(17)8-14(18)13(10)9-15/h7-9,17-18H,2-6H2,1H3. The third kappa shape index (κ3) is 3.87. The number of carbonyl (C=O) groups excluding carboxylic acids is 2. The van der Waals surface area contributed by atoms with Crippen molar-refractivity contribution in [1.29, 1.82) is 0 Å². The molecule has 0 amide bonds. The van der Waals surface area contributed by atoms with Gasteiger partial charge >= 0.3 is 0 Å². The van der Waals surface area contributed by atoms with Crippen molar-refractivity contribution in [2.75, 3.05) is 0 Å². The Balaban J connectivity index is 2.77. The number of rotatable bonds is 7. The Labute approximate surface area is 106 Å². The Kier molecular flexibility index (Phi) is 5.36. The maximum atomic E-state index is 11.7. The van der Waals surface area contributed by atoms with Crippen LogP contribution in [0.15, 0.2) is 12.1 Å². The zero-order valence-electron chi connectivity index (χ0n) is 10.5. The molecule has 4 nitrogen and oxygen atoms in total. The fourth-order valence-electron chi connectivity index (χ4n) is 1.84. The second-order valence-electron chi connectivity index (χ2n) is 4.33. The van der Waals surface area contributed by atoms with Crippen molar-refractivity contribution in [2.45, 2.75) is 39.0 Å². The summed E-state index contributed by atoms with van der Waals surface area (Å²) in [5.41, 5.74) is 0.459. The van der Waals surface area contributed by atoms with Gasteiger partial charge in [0.15, 0.2) is 6.29 Å². The predicted molar refractivity (Wildman–Crippen MR) is 68.0 cm³/mol. The molecule has 98 valence electrons. The van der Waals surface area contributed by atoms with Crippen LogP contribution in [0, 0.1) is 0 Å². The van der Waals surface area contributed by atoms with Gasteiger partial charge in [-0.1, -0.05) is 19.8 Å². The maximum absolute atomic E-state index is 11.7. The van der Waals surface area contributed by atoms with E-state index >= 15 is 0 Å². The number of hydrogen-bond acceptors (Lipinski definition) is 4. The number of ketones is 1. The van der Waals surface area contributed by atoms with Crippen LogP contribution in [-0.4, -0.2) is 22.3 Å². The van der Waals surface area contributed by atoms with Crippen molar-refractivity contribution in [3.8, 4) is 11.5 Å². The van der Waals surface area contributed by atoms with Crippen molar-refractivity contribution < 1.29 is 19.8 Å². The molecular weight excluding hydrogens is 232 g/mol. The number of aldehydes is 1. The number of hydrogen-bond donors (Lipinski definition) is 2. The average molecular weight is 250 g/mol. The summed E-state index contributed by atoms with van der Waals surface area (Å²) >= 11 is 0. The van der Waals surface area contributed by atoms with Crippen molar-refractivity contribution in [2.24, 2.45) is 0 Å². The van der Waals surface area contributed by atoms with Crippen LogP contribution in [0.1, 0.15) is 48.5 Å². The van der Waals surface area contributed by atoms with Gasteiger partial charge in [-0.05, 0) is 18.1 Å². The van der Waals surface area contributed by atoms with E-state index in [1.165, 1.54) is 6.07 Å². The van der Waals surface area contributed by atoms with Crippen LogP contribution in [0.3, 0.4) is 0 Å². The van der Waals surface area contributed by atoms with E-state index in [0.717, 1.165) is 25.3 Å². The SMILES string of the molecule is CCCCCC(=O)Cc1cc(O)cc(O)c1C=O. The van der Waals surface area contributed by atoms with Gasteiger partial charge in [0.1, 0.15) is 17.3 Å². The quantitative estimate of drug-likeness (QED) is 0.576. The lowest BCUT2D eigenvalue weighted by atomic mass is 9.99. The van der Waals surface area contributed by atoms with Crippen LogP contribution in [0.5, 0.6) is 11.5 Å². The molecule has 0 aromatic heterocycles. The van der Waals surface area contributed by atoms with E-state index in [9.17, 15) is 19.8 Å². The molecule has 0 saturated carbocycles. The van der Waals surface area contributed by atoms with Gasteiger partial charge in [0, 0.05) is 18.9 Å². The number of aromatic hydroxyl groups is 2.